The maximum absolute atomic E-state index is 10.2. The number of rotatable bonds is 5. The molecule has 0 radical (unpaired) electrons. The molecule has 2 atom stereocenters. The maximum atomic E-state index is 10.2. The SMILES string of the molecule is OC(CNCC1CCCc2ccccc21)c1ccccc1. The summed E-state index contributed by atoms with van der Waals surface area (Å²) in [7, 11) is 0. The summed E-state index contributed by atoms with van der Waals surface area (Å²) in [6.07, 6.45) is 3.29. The average molecular weight is 281 g/mol. The zero-order valence-corrected chi connectivity index (χ0v) is 12.3. The molecule has 2 unspecified atom stereocenters. The van der Waals surface area contributed by atoms with Crippen LogP contribution in [0.1, 0.15) is 41.6 Å². The molecule has 0 bridgehead atoms. The van der Waals surface area contributed by atoms with Crippen LogP contribution in [0.3, 0.4) is 0 Å². The summed E-state index contributed by atoms with van der Waals surface area (Å²) in [6, 6.07) is 18.6. The number of fused-ring (bicyclic) bond motifs is 1. The third-order valence-corrected chi connectivity index (χ3v) is 4.41. The van der Waals surface area contributed by atoms with E-state index in [0.717, 1.165) is 12.1 Å². The molecule has 0 aromatic heterocycles. The van der Waals surface area contributed by atoms with Crippen LogP contribution in [0.5, 0.6) is 0 Å². The van der Waals surface area contributed by atoms with Gasteiger partial charge in [-0.05, 0) is 41.9 Å². The van der Waals surface area contributed by atoms with E-state index < -0.39 is 6.10 Å². The Morgan fingerprint density at radius 2 is 1.81 bits per heavy atom. The molecule has 0 aliphatic heterocycles. The lowest BCUT2D eigenvalue weighted by atomic mass is 9.83. The van der Waals surface area contributed by atoms with Crippen molar-refractivity contribution in [3.05, 3.63) is 71.3 Å². The zero-order chi connectivity index (χ0) is 14.5. The van der Waals surface area contributed by atoms with Gasteiger partial charge in [0.2, 0.25) is 0 Å². The largest absolute Gasteiger partial charge is 0.387 e. The van der Waals surface area contributed by atoms with Gasteiger partial charge in [-0.3, -0.25) is 0 Å². The van der Waals surface area contributed by atoms with E-state index in [2.05, 4.69) is 29.6 Å². The fraction of sp³-hybridized carbons (Fsp3) is 0.368. The predicted molar refractivity (Wildman–Crippen MR) is 86.4 cm³/mol. The lowest BCUT2D eigenvalue weighted by Gasteiger charge is -2.26. The first-order valence-corrected chi connectivity index (χ1v) is 7.86. The summed E-state index contributed by atoms with van der Waals surface area (Å²) in [5.41, 5.74) is 3.97. The van der Waals surface area contributed by atoms with E-state index in [0.29, 0.717) is 12.5 Å². The van der Waals surface area contributed by atoms with E-state index in [9.17, 15) is 5.11 Å². The van der Waals surface area contributed by atoms with Crippen LogP contribution in [0.25, 0.3) is 0 Å². The molecule has 110 valence electrons. The molecule has 2 N–H and O–H groups in total. The minimum absolute atomic E-state index is 0.426. The number of aliphatic hydroxyl groups excluding tert-OH is 1. The van der Waals surface area contributed by atoms with Gasteiger partial charge in [-0.25, -0.2) is 0 Å². The third kappa shape index (κ3) is 3.52. The van der Waals surface area contributed by atoms with E-state index in [1.165, 1.54) is 30.4 Å². The normalized spacial score (nSPS) is 19.0. The Hall–Kier alpha value is -1.64. The first-order chi connectivity index (χ1) is 10.3. The Morgan fingerprint density at radius 1 is 1.05 bits per heavy atom. The van der Waals surface area contributed by atoms with Crippen molar-refractivity contribution < 1.29 is 5.11 Å². The highest BCUT2D eigenvalue weighted by molar-refractivity contribution is 5.32. The summed E-state index contributed by atoms with van der Waals surface area (Å²) in [6.45, 7) is 1.56. The fourth-order valence-electron chi connectivity index (χ4n) is 3.25. The first-order valence-electron chi connectivity index (χ1n) is 7.86. The van der Waals surface area contributed by atoms with Crippen molar-refractivity contribution in [1.82, 2.24) is 5.32 Å². The van der Waals surface area contributed by atoms with E-state index in [1.807, 2.05) is 30.3 Å². The summed E-state index contributed by atoms with van der Waals surface area (Å²) in [4.78, 5) is 0. The second-order valence-corrected chi connectivity index (χ2v) is 5.87. The van der Waals surface area contributed by atoms with E-state index in [-0.39, 0.29) is 0 Å². The number of aliphatic hydroxyl groups is 1. The van der Waals surface area contributed by atoms with Crippen molar-refractivity contribution in [2.75, 3.05) is 13.1 Å². The highest BCUT2D eigenvalue weighted by atomic mass is 16.3. The molecule has 21 heavy (non-hydrogen) atoms. The monoisotopic (exact) mass is 281 g/mol. The molecule has 1 aliphatic rings. The van der Waals surface area contributed by atoms with Crippen LogP contribution in [0.4, 0.5) is 0 Å². The summed E-state index contributed by atoms with van der Waals surface area (Å²) in [5.74, 6) is 0.581. The van der Waals surface area contributed by atoms with Gasteiger partial charge in [-0.2, -0.15) is 0 Å². The van der Waals surface area contributed by atoms with Crippen LogP contribution in [0.2, 0.25) is 0 Å². The average Bonchev–Trinajstić information content (AvgIpc) is 2.56. The van der Waals surface area contributed by atoms with Gasteiger partial charge in [0.25, 0.3) is 0 Å². The van der Waals surface area contributed by atoms with Crippen LogP contribution in [-0.2, 0) is 6.42 Å². The van der Waals surface area contributed by atoms with Crippen LogP contribution in [0.15, 0.2) is 54.6 Å². The molecule has 1 aliphatic carbocycles. The van der Waals surface area contributed by atoms with E-state index in [4.69, 9.17) is 0 Å². The highest BCUT2D eigenvalue weighted by Gasteiger charge is 2.19. The molecular weight excluding hydrogens is 258 g/mol. The minimum Gasteiger partial charge on any atom is -0.387 e. The lowest BCUT2D eigenvalue weighted by Crippen LogP contribution is -2.28. The van der Waals surface area contributed by atoms with Gasteiger partial charge in [0.05, 0.1) is 6.10 Å². The lowest BCUT2D eigenvalue weighted by molar-refractivity contribution is 0.174. The molecule has 2 aromatic rings. The molecule has 0 heterocycles. The number of nitrogens with one attached hydrogen (secondary N) is 1. The van der Waals surface area contributed by atoms with Crippen LogP contribution < -0.4 is 5.32 Å². The molecule has 0 saturated carbocycles. The van der Waals surface area contributed by atoms with Gasteiger partial charge in [0.15, 0.2) is 0 Å². The van der Waals surface area contributed by atoms with Gasteiger partial charge < -0.3 is 10.4 Å². The van der Waals surface area contributed by atoms with Crippen molar-refractivity contribution in [1.29, 1.82) is 0 Å². The smallest absolute Gasteiger partial charge is 0.0914 e. The summed E-state index contributed by atoms with van der Waals surface area (Å²) < 4.78 is 0. The van der Waals surface area contributed by atoms with Crippen molar-refractivity contribution >= 4 is 0 Å². The second kappa shape index (κ2) is 6.88. The van der Waals surface area contributed by atoms with Crippen molar-refractivity contribution in [2.24, 2.45) is 0 Å². The van der Waals surface area contributed by atoms with Crippen molar-refractivity contribution in [2.45, 2.75) is 31.3 Å². The Bertz CT molecular complexity index is 567. The van der Waals surface area contributed by atoms with E-state index >= 15 is 0 Å². The molecule has 2 aromatic carbocycles. The third-order valence-electron chi connectivity index (χ3n) is 4.41. The van der Waals surface area contributed by atoms with Gasteiger partial charge >= 0.3 is 0 Å². The van der Waals surface area contributed by atoms with Crippen LogP contribution in [-0.4, -0.2) is 18.2 Å². The highest BCUT2D eigenvalue weighted by Crippen LogP contribution is 2.30. The number of hydrogen-bond donors (Lipinski definition) is 2. The zero-order valence-electron chi connectivity index (χ0n) is 12.3. The molecule has 2 nitrogen and oxygen atoms in total. The molecule has 2 heteroatoms. The molecule has 0 spiro atoms. The van der Waals surface area contributed by atoms with Crippen LogP contribution >= 0.6 is 0 Å². The Labute approximate surface area is 126 Å². The fourth-order valence-corrected chi connectivity index (χ4v) is 3.25. The summed E-state index contributed by atoms with van der Waals surface area (Å²) >= 11 is 0. The predicted octanol–water partition coefficient (Wildman–Crippen LogP) is 3.43. The van der Waals surface area contributed by atoms with Crippen LogP contribution in [0, 0.1) is 0 Å². The molecule has 0 amide bonds. The summed E-state index contributed by atoms with van der Waals surface area (Å²) in [5, 5.41) is 13.6. The standard InChI is InChI=1S/C19H23NO/c21-19(16-8-2-1-3-9-16)14-20-13-17-11-6-10-15-7-4-5-12-18(15)17/h1-5,7-9,12,17,19-21H,6,10-11,13-14H2. The quantitative estimate of drug-likeness (QED) is 0.880. The molecular formula is C19H23NO. The second-order valence-electron chi connectivity index (χ2n) is 5.87. The van der Waals surface area contributed by atoms with Gasteiger partial charge in [-0.1, -0.05) is 54.6 Å². The number of aryl methyl sites for hydroxylation is 1. The maximum Gasteiger partial charge on any atom is 0.0914 e. The van der Waals surface area contributed by atoms with Gasteiger partial charge in [0.1, 0.15) is 0 Å². The van der Waals surface area contributed by atoms with Crippen molar-refractivity contribution in [3.63, 3.8) is 0 Å². The number of benzene rings is 2. The number of hydrogen-bond acceptors (Lipinski definition) is 2. The molecule has 0 fully saturated rings. The Morgan fingerprint density at radius 3 is 2.67 bits per heavy atom. The van der Waals surface area contributed by atoms with Crippen molar-refractivity contribution in [3.8, 4) is 0 Å². The first kappa shape index (κ1) is 14.3. The minimum atomic E-state index is -0.426. The molecule has 0 saturated heterocycles. The topological polar surface area (TPSA) is 32.3 Å². The Balaban J connectivity index is 1.55. The van der Waals surface area contributed by atoms with Gasteiger partial charge in [0, 0.05) is 13.1 Å². The van der Waals surface area contributed by atoms with Gasteiger partial charge in [-0.15, -0.1) is 0 Å². The Kier molecular flexibility index (Phi) is 4.69. The van der Waals surface area contributed by atoms with E-state index in [1.54, 1.807) is 0 Å². The molecule has 3 rings (SSSR count).